The Kier molecular flexibility index (Phi) is 7.82. The van der Waals surface area contributed by atoms with Crippen LogP contribution in [0.1, 0.15) is 22.8 Å². The van der Waals surface area contributed by atoms with Crippen LogP contribution in [0.5, 0.6) is 5.75 Å². The van der Waals surface area contributed by atoms with E-state index in [4.69, 9.17) is 16.3 Å². The number of hydrogen-bond donors (Lipinski definition) is 1. The molecule has 1 N–H and O–H groups in total. The Labute approximate surface area is 156 Å². The Morgan fingerprint density at radius 1 is 1.12 bits per heavy atom. The molecule has 0 radical (unpaired) electrons. The van der Waals surface area contributed by atoms with Crippen LogP contribution in [0.15, 0.2) is 48.5 Å². The zero-order valence-corrected chi connectivity index (χ0v) is 15.5. The van der Waals surface area contributed by atoms with Crippen molar-refractivity contribution < 1.29 is 14.3 Å². The summed E-state index contributed by atoms with van der Waals surface area (Å²) in [5, 5.41) is 3.44. The molecule has 132 valence electrons. The molecule has 0 aliphatic carbocycles. The highest BCUT2D eigenvalue weighted by Crippen LogP contribution is 2.14. The highest BCUT2D eigenvalue weighted by atomic mass is 35.5. The maximum Gasteiger partial charge on any atom is 0.230 e. The lowest BCUT2D eigenvalue weighted by molar-refractivity contribution is -0.118. The topological polar surface area (TPSA) is 55.4 Å². The number of carbonyl (C=O) groups is 2. The van der Waals surface area contributed by atoms with Gasteiger partial charge in [-0.05, 0) is 48.9 Å². The molecule has 2 aromatic carbocycles. The van der Waals surface area contributed by atoms with Gasteiger partial charge in [0.1, 0.15) is 5.75 Å². The van der Waals surface area contributed by atoms with Crippen LogP contribution in [-0.2, 0) is 11.3 Å². The second kappa shape index (κ2) is 10.1. The maximum atomic E-state index is 12.0. The number of benzene rings is 2. The number of Topliss-reactive ketones (excluding diaryl/α,β-unsaturated/α-hetero) is 1. The predicted octanol–water partition coefficient (Wildman–Crippen LogP) is 3.97. The molecule has 0 heterocycles. The Hall–Kier alpha value is -1.98. The standard InChI is InChI=1S/C19H20ClNO3S/c1-2-24-17-5-3-4-14(10-17)11-21-19(23)13-25-12-18(22)15-6-8-16(20)9-7-15/h3-10H,2,11-13H2,1H3,(H,21,23). The molecule has 0 saturated carbocycles. The molecule has 0 spiro atoms. The van der Waals surface area contributed by atoms with E-state index in [1.54, 1.807) is 24.3 Å². The minimum absolute atomic E-state index is 0.0149. The zero-order valence-electron chi connectivity index (χ0n) is 14.0. The molecule has 0 aromatic heterocycles. The fraction of sp³-hybridized carbons (Fsp3) is 0.263. The molecule has 2 rings (SSSR count). The minimum Gasteiger partial charge on any atom is -0.494 e. The third kappa shape index (κ3) is 6.80. The van der Waals surface area contributed by atoms with Gasteiger partial charge in [0.05, 0.1) is 18.1 Å². The summed E-state index contributed by atoms with van der Waals surface area (Å²) in [5.74, 6) is 1.17. The van der Waals surface area contributed by atoms with E-state index in [0.29, 0.717) is 23.7 Å². The Morgan fingerprint density at radius 2 is 1.88 bits per heavy atom. The number of hydrogen-bond acceptors (Lipinski definition) is 4. The van der Waals surface area contributed by atoms with Crippen molar-refractivity contribution in [3.63, 3.8) is 0 Å². The normalized spacial score (nSPS) is 10.3. The summed E-state index contributed by atoms with van der Waals surface area (Å²) in [6, 6.07) is 14.4. The molecule has 2 aromatic rings. The van der Waals surface area contributed by atoms with Crippen molar-refractivity contribution in [2.75, 3.05) is 18.1 Å². The highest BCUT2D eigenvalue weighted by molar-refractivity contribution is 8.00. The summed E-state index contributed by atoms with van der Waals surface area (Å²) >= 11 is 7.09. The van der Waals surface area contributed by atoms with E-state index in [2.05, 4.69) is 5.32 Å². The number of carbonyl (C=O) groups excluding carboxylic acids is 2. The van der Waals surface area contributed by atoms with Crippen molar-refractivity contribution in [1.29, 1.82) is 0 Å². The fourth-order valence-corrected chi connectivity index (χ4v) is 2.99. The first-order chi connectivity index (χ1) is 12.1. The average Bonchev–Trinajstić information content (AvgIpc) is 2.61. The van der Waals surface area contributed by atoms with Crippen molar-refractivity contribution >= 4 is 35.1 Å². The number of rotatable bonds is 9. The molecule has 0 bridgehead atoms. The summed E-state index contributed by atoms with van der Waals surface area (Å²) in [5.41, 5.74) is 1.58. The Balaban J connectivity index is 1.71. The van der Waals surface area contributed by atoms with E-state index < -0.39 is 0 Å². The SMILES string of the molecule is CCOc1cccc(CNC(=O)CSCC(=O)c2ccc(Cl)cc2)c1. The molecule has 0 aliphatic heterocycles. The largest absolute Gasteiger partial charge is 0.494 e. The lowest BCUT2D eigenvalue weighted by Gasteiger charge is -2.08. The first kappa shape index (κ1) is 19.3. The van der Waals surface area contributed by atoms with Gasteiger partial charge in [0.15, 0.2) is 5.78 Å². The molecule has 25 heavy (non-hydrogen) atoms. The van der Waals surface area contributed by atoms with E-state index in [-0.39, 0.29) is 23.2 Å². The van der Waals surface area contributed by atoms with Gasteiger partial charge in [-0.2, -0.15) is 0 Å². The number of nitrogens with one attached hydrogen (secondary N) is 1. The van der Waals surface area contributed by atoms with E-state index in [0.717, 1.165) is 11.3 Å². The van der Waals surface area contributed by atoms with Gasteiger partial charge in [0.2, 0.25) is 5.91 Å². The molecular weight excluding hydrogens is 358 g/mol. The van der Waals surface area contributed by atoms with E-state index in [9.17, 15) is 9.59 Å². The van der Waals surface area contributed by atoms with Gasteiger partial charge in [0.25, 0.3) is 0 Å². The van der Waals surface area contributed by atoms with Gasteiger partial charge in [-0.1, -0.05) is 23.7 Å². The Bertz CT molecular complexity index is 719. The summed E-state index contributed by atoms with van der Waals surface area (Å²) < 4.78 is 5.43. The maximum absolute atomic E-state index is 12.0. The van der Waals surface area contributed by atoms with Gasteiger partial charge in [-0.25, -0.2) is 0 Å². The number of ether oxygens (including phenoxy) is 1. The van der Waals surface area contributed by atoms with Crippen molar-refractivity contribution in [2.45, 2.75) is 13.5 Å². The first-order valence-electron chi connectivity index (χ1n) is 7.93. The van der Waals surface area contributed by atoms with Crippen LogP contribution in [0.4, 0.5) is 0 Å². The zero-order chi connectivity index (χ0) is 18.1. The lowest BCUT2D eigenvalue weighted by atomic mass is 10.1. The van der Waals surface area contributed by atoms with Crippen LogP contribution in [0.25, 0.3) is 0 Å². The lowest BCUT2D eigenvalue weighted by Crippen LogP contribution is -2.25. The number of ketones is 1. The van der Waals surface area contributed by atoms with E-state index >= 15 is 0 Å². The molecule has 6 heteroatoms. The molecule has 4 nitrogen and oxygen atoms in total. The fourth-order valence-electron chi connectivity index (χ4n) is 2.12. The second-order valence-corrected chi connectivity index (χ2v) is 6.70. The molecular formula is C19H20ClNO3S. The summed E-state index contributed by atoms with van der Waals surface area (Å²) in [4.78, 5) is 23.9. The van der Waals surface area contributed by atoms with Gasteiger partial charge in [-0.15, -0.1) is 11.8 Å². The van der Waals surface area contributed by atoms with Crippen LogP contribution in [0.3, 0.4) is 0 Å². The van der Waals surface area contributed by atoms with Crippen molar-refractivity contribution in [3.8, 4) is 5.75 Å². The van der Waals surface area contributed by atoms with Gasteiger partial charge < -0.3 is 10.1 Å². The molecule has 0 aliphatic rings. The van der Waals surface area contributed by atoms with Gasteiger partial charge >= 0.3 is 0 Å². The third-order valence-corrected chi connectivity index (χ3v) is 4.52. The second-order valence-electron chi connectivity index (χ2n) is 5.28. The smallest absolute Gasteiger partial charge is 0.230 e. The highest BCUT2D eigenvalue weighted by Gasteiger charge is 2.08. The quantitative estimate of drug-likeness (QED) is 0.672. The van der Waals surface area contributed by atoms with Crippen LogP contribution < -0.4 is 10.1 Å². The first-order valence-corrected chi connectivity index (χ1v) is 9.46. The Morgan fingerprint density at radius 3 is 2.60 bits per heavy atom. The third-order valence-electron chi connectivity index (χ3n) is 3.33. The van der Waals surface area contributed by atoms with Gasteiger partial charge in [-0.3, -0.25) is 9.59 Å². The van der Waals surface area contributed by atoms with Crippen LogP contribution in [0, 0.1) is 0 Å². The van der Waals surface area contributed by atoms with Crippen molar-refractivity contribution in [2.24, 2.45) is 0 Å². The molecule has 0 fully saturated rings. The van der Waals surface area contributed by atoms with E-state index in [1.165, 1.54) is 11.8 Å². The number of amides is 1. The van der Waals surface area contributed by atoms with E-state index in [1.807, 2.05) is 31.2 Å². The molecule has 1 amide bonds. The molecule has 0 unspecified atom stereocenters. The molecule has 0 saturated heterocycles. The predicted molar refractivity (Wildman–Crippen MR) is 103 cm³/mol. The number of halogens is 1. The van der Waals surface area contributed by atoms with Gasteiger partial charge in [0, 0.05) is 17.1 Å². The van der Waals surface area contributed by atoms with Crippen molar-refractivity contribution in [1.82, 2.24) is 5.32 Å². The summed E-state index contributed by atoms with van der Waals surface area (Å²) in [6.07, 6.45) is 0. The van der Waals surface area contributed by atoms with Crippen LogP contribution in [0.2, 0.25) is 5.02 Å². The van der Waals surface area contributed by atoms with Crippen LogP contribution >= 0.6 is 23.4 Å². The monoisotopic (exact) mass is 377 g/mol. The molecule has 0 atom stereocenters. The van der Waals surface area contributed by atoms with Crippen molar-refractivity contribution in [3.05, 3.63) is 64.7 Å². The number of thioether (sulfide) groups is 1. The summed E-state index contributed by atoms with van der Waals surface area (Å²) in [7, 11) is 0. The minimum atomic E-state index is -0.101. The average molecular weight is 378 g/mol. The summed E-state index contributed by atoms with van der Waals surface area (Å²) in [6.45, 7) is 2.97. The van der Waals surface area contributed by atoms with Crippen LogP contribution in [-0.4, -0.2) is 29.8 Å².